The van der Waals surface area contributed by atoms with E-state index in [2.05, 4.69) is 32.9 Å². The molecule has 0 radical (unpaired) electrons. The second-order valence-electron chi connectivity index (χ2n) is 5.11. The van der Waals surface area contributed by atoms with Crippen LogP contribution in [-0.2, 0) is 10.2 Å². The van der Waals surface area contributed by atoms with Gasteiger partial charge in [-0.1, -0.05) is 32.9 Å². The van der Waals surface area contributed by atoms with E-state index in [1.54, 1.807) is 0 Å². The zero-order valence-corrected chi connectivity index (χ0v) is 11.4. The number of hydrogen-bond acceptors (Lipinski definition) is 2. The minimum Gasteiger partial charge on any atom is -0.494 e. The number of benzene rings is 1. The normalized spacial score (nSPS) is 11.3. The minimum atomic E-state index is -0.779. The molecule has 3 heteroatoms. The van der Waals surface area contributed by atoms with Crippen LogP contribution in [0.15, 0.2) is 24.3 Å². The molecular formula is C15H22O3. The van der Waals surface area contributed by atoms with Crippen LogP contribution in [0.3, 0.4) is 0 Å². The van der Waals surface area contributed by atoms with Crippen LogP contribution in [-0.4, -0.2) is 17.7 Å². The predicted octanol–water partition coefficient (Wildman–Crippen LogP) is 3.62. The average molecular weight is 250 g/mol. The fourth-order valence-corrected chi connectivity index (χ4v) is 1.62. The van der Waals surface area contributed by atoms with Crippen molar-refractivity contribution in [2.24, 2.45) is 0 Å². The van der Waals surface area contributed by atoms with Crippen molar-refractivity contribution in [2.75, 3.05) is 6.61 Å². The smallest absolute Gasteiger partial charge is 0.303 e. The standard InChI is InChI=1S/C15H22O3/c1-4-15(2,3)12-7-9-13(10-8-12)18-11-5-6-14(16)17/h7-10H,4-6,11H2,1-3H3,(H,16,17). The molecule has 0 unspecified atom stereocenters. The molecule has 0 bridgehead atoms. The third-order valence-electron chi connectivity index (χ3n) is 3.32. The van der Waals surface area contributed by atoms with E-state index >= 15 is 0 Å². The summed E-state index contributed by atoms with van der Waals surface area (Å²) in [6, 6.07) is 8.06. The Hall–Kier alpha value is -1.51. The second kappa shape index (κ2) is 6.43. The van der Waals surface area contributed by atoms with Crippen LogP contribution in [0.5, 0.6) is 5.75 Å². The fraction of sp³-hybridized carbons (Fsp3) is 0.533. The lowest BCUT2D eigenvalue weighted by molar-refractivity contribution is -0.137. The highest BCUT2D eigenvalue weighted by atomic mass is 16.5. The lowest BCUT2D eigenvalue weighted by Crippen LogP contribution is -2.15. The van der Waals surface area contributed by atoms with E-state index in [1.807, 2.05) is 12.1 Å². The molecule has 1 aromatic rings. The Morgan fingerprint density at radius 3 is 2.39 bits per heavy atom. The molecule has 3 nitrogen and oxygen atoms in total. The lowest BCUT2D eigenvalue weighted by Gasteiger charge is -2.23. The maximum atomic E-state index is 10.3. The van der Waals surface area contributed by atoms with Crippen molar-refractivity contribution in [2.45, 2.75) is 45.4 Å². The van der Waals surface area contributed by atoms with Crippen LogP contribution in [0.1, 0.15) is 45.6 Å². The molecule has 1 rings (SSSR count). The molecule has 0 aliphatic rings. The molecule has 0 amide bonds. The molecule has 0 aliphatic heterocycles. The van der Waals surface area contributed by atoms with Crippen LogP contribution in [0, 0.1) is 0 Å². The molecule has 0 spiro atoms. The number of hydrogen-bond donors (Lipinski definition) is 1. The first kappa shape index (κ1) is 14.6. The highest BCUT2D eigenvalue weighted by Crippen LogP contribution is 2.27. The van der Waals surface area contributed by atoms with E-state index in [0.717, 1.165) is 12.2 Å². The van der Waals surface area contributed by atoms with Crippen molar-refractivity contribution in [1.29, 1.82) is 0 Å². The van der Waals surface area contributed by atoms with E-state index in [1.165, 1.54) is 5.56 Å². The van der Waals surface area contributed by atoms with Gasteiger partial charge in [-0.15, -0.1) is 0 Å². The molecule has 0 atom stereocenters. The van der Waals surface area contributed by atoms with Gasteiger partial charge in [-0.3, -0.25) is 4.79 Å². The Morgan fingerprint density at radius 2 is 1.89 bits per heavy atom. The van der Waals surface area contributed by atoms with E-state index in [-0.39, 0.29) is 11.8 Å². The quantitative estimate of drug-likeness (QED) is 0.752. The maximum absolute atomic E-state index is 10.3. The van der Waals surface area contributed by atoms with E-state index in [9.17, 15) is 4.79 Å². The van der Waals surface area contributed by atoms with Gasteiger partial charge in [0.05, 0.1) is 6.61 Å². The lowest BCUT2D eigenvalue weighted by atomic mass is 9.82. The van der Waals surface area contributed by atoms with E-state index in [4.69, 9.17) is 9.84 Å². The van der Waals surface area contributed by atoms with Gasteiger partial charge >= 0.3 is 5.97 Å². The molecule has 1 N–H and O–H groups in total. The summed E-state index contributed by atoms with van der Waals surface area (Å²) >= 11 is 0. The van der Waals surface area contributed by atoms with Crippen molar-refractivity contribution in [3.8, 4) is 5.75 Å². The highest BCUT2D eigenvalue weighted by Gasteiger charge is 2.17. The minimum absolute atomic E-state index is 0.154. The average Bonchev–Trinajstić information content (AvgIpc) is 2.35. The predicted molar refractivity (Wildman–Crippen MR) is 72.1 cm³/mol. The monoisotopic (exact) mass is 250 g/mol. The SMILES string of the molecule is CCC(C)(C)c1ccc(OCCCC(=O)O)cc1. The van der Waals surface area contributed by atoms with Crippen LogP contribution in [0.4, 0.5) is 0 Å². The van der Waals surface area contributed by atoms with E-state index in [0.29, 0.717) is 13.0 Å². The summed E-state index contributed by atoms with van der Waals surface area (Å²) in [5.74, 6) is 0.0229. The number of carboxylic acid groups (broad SMARTS) is 1. The molecule has 1 aromatic carbocycles. The zero-order chi connectivity index (χ0) is 13.6. The van der Waals surface area contributed by atoms with Crippen molar-refractivity contribution >= 4 is 5.97 Å². The van der Waals surface area contributed by atoms with Gasteiger partial charge in [0, 0.05) is 6.42 Å². The van der Waals surface area contributed by atoms with Crippen molar-refractivity contribution in [3.63, 3.8) is 0 Å². The number of carbonyl (C=O) groups is 1. The topological polar surface area (TPSA) is 46.5 Å². The summed E-state index contributed by atoms with van der Waals surface area (Å²) in [4.78, 5) is 10.3. The van der Waals surface area contributed by atoms with Gasteiger partial charge in [0.15, 0.2) is 0 Å². The summed E-state index contributed by atoms with van der Waals surface area (Å²) in [6.45, 7) is 7.06. The molecule has 18 heavy (non-hydrogen) atoms. The Bertz CT molecular complexity index is 379. The van der Waals surface area contributed by atoms with Crippen molar-refractivity contribution < 1.29 is 14.6 Å². The summed E-state index contributed by atoms with van der Waals surface area (Å²) in [7, 11) is 0. The highest BCUT2D eigenvalue weighted by molar-refractivity contribution is 5.66. The Morgan fingerprint density at radius 1 is 1.28 bits per heavy atom. The Balaban J connectivity index is 2.48. The van der Waals surface area contributed by atoms with Crippen molar-refractivity contribution in [3.05, 3.63) is 29.8 Å². The Kier molecular flexibility index (Phi) is 5.20. The van der Waals surface area contributed by atoms with Gasteiger partial charge in [0.1, 0.15) is 5.75 Å². The van der Waals surface area contributed by atoms with E-state index < -0.39 is 5.97 Å². The van der Waals surface area contributed by atoms with Gasteiger partial charge in [-0.05, 0) is 36.0 Å². The van der Waals surface area contributed by atoms with Gasteiger partial charge in [-0.25, -0.2) is 0 Å². The molecule has 0 heterocycles. The van der Waals surface area contributed by atoms with Gasteiger partial charge in [-0.2, -0.15) is 0 Å². The van der Waals surface area contributed by atoms with Gasteiger partial charge < -0.3 is 9.84 Å². The third kappa shape index (κ3) is 4.40. The number of aliphatic carboxylic acids is 1. The first-order valence-electron chi connectivity index (χ1n) is 6.41. The van der Waals surface area contributed by atoms with Gasteiger partial charge in [0.25, 0.3) is 0 Å². The molecule has 0 aromatic heterocycles. The number of carboxylic acids is 1. The number of ether oxygens (including phenoxy) is 1. The largest absolute Gasteiger partial charge is 0.494 e. The first-order valence-corrected chi connectivity index (χ1v) is 6.41. The van der Waals surface area contributed by atoms with Crippen LogP contribution >= 0.6 is 0 Å². The van der Waals surface area contributed by atoms with Crippen LogP contribution < -0.4 is 4.74 Å². The first-order chi connectivity index (χ1) is 8.45. The molecular weight excluding hydrogens is 228 g/mol. The summed E-state index contributed by atoms with van der Waals surface area (Å²) < 4.78 is 5.49. The summed E-state index contributed by atoms with van der Waals surface area (Å²) in [5.41, 5.74) is 1.48. The number of rotatable bonds is 7. The molecule has 0 saturated carbocycles. The van der Waals surface area contributed by atoms with Gasteiger partial charge in [0.2, 0.25) is 0 Å². The van der Waals surface area contributed by atoms with Crippen LogP contribution in [0.2, 0.25) is 0 Å². The summed E-state index contributed by atoms with van der Waals surface area (Å²) in [6.07, 6.45) is 1.78. The maximum Gasteiger partial charge on any atom is 0.303 e. The second-order valence-corrected chi connectivity index (χ2v) is 5.11. The molecule has 100 valence electrons. The molecule has 0 saturated heterocycles. The third-order valence-corrected chi connectivity index (χ3v) is 3.32. The molecule has 0 aliphatic carbocycles. The van der Waals surface area contributed by atoms with Crippen LogP contribution in [0.25, 0.3) is 0 Å². The Labute approximate surface area is 109 Å². The zero-order valence-electron chi connectivity index (χ0n) is 11.4. The molecule has 0 fully saturated rings. The summed E-state index contributed by atoms with van der Waals surface area (Å²) in [5, 5.41) is 8.51. The fourth-order valence-electron chi connectivity index (χ4n) is 1.62. The van der Waals surface area contributed by atoms with Crippen molar-refractivity contribution in [1.82, 2.24) is 0 Å².